The maximum Gasteiger partial charge on any atom is 0.0814 e. The maximum absolute atomic E-state index is 2.35. The van der Waals surface area contributed by atoms with Gasteiger partial charge in [0.05, 0.1) is 32.3 Å². The molecule has 0 saturated heterocycles. The summed E-state index contributed by atoms with van der Waals surface area (Å²) in [5.41, 5.74) is 8.33. The Bertz CT molecular complexity index is 1190. The lowest BCUT2D eigenvalue weighted by Crippen LogP contribution is -2.67. The molecule has 0 radical (unpaired) electrons. The van der Waals surface area contributed by atoms with Crippen LogP contribution >= 0.6 is 0 Å². The van der Waals surface area contributed by atoms with Crippen LogP contribution < -0.4 is 16.4 Å². The van der Waals surface area contributed by atoms with Crippen LogP contribution in [-0.4, -0.2) is 36.8 Å². The molecule has 0 aliphatic rings. The molecule has 334 valence electrons. The lowest BCUT2D eigenvalue weighted by atomic mass is 9.14. The molecule has 0 saturated carbocycles. The maximum atomic E-state index is 2.35. The van der Waals surface area contributed by atoms with Crippen molar-refractivity contribution in [3.8, 4) is 0 Å². The van der Waals surface area contributed by atoms with Gasteiger partial charge in [-0.2, -0.15) is 22.7 Å². The summed E-state index contributed by atoms with van der Waals surface area (Å²) in [4.78, 5) is 0. The quantitative estimate of drug-likeness (QED) is 0.0320. The number of rotatable bonds is 34. The first-order valence-corrected chi connectivity index (χ1v) is 26.0. The van der Waals surface area contributed by atoms with Crippen molar-refractivity contribution in [3.63, 3.8) is 0 Å². The molecule has 0 amide bonds. The van der Waals surface area contributed by atoms with Gasteiger partial charge in [-0.15, -0.1) is 0 Å². The van der Waals surface area contributed by atoms with Crippen molar-refractivity contribution in [3.05, 3.63) is 89.5 Å². The molecule has 0 aliphatic carbocycles. The monoisotopic (exact) mass is 808 g/mol. The van der Waals surface area contributed by atoms with E-state index < -0.39 is 6.15 Å². The van der Waals surface area contributed by atoms with Crippen molar-refractivity contribution in [2.45, 2.75) is 229 Å². The zero-order valence-electron chi connectivity index (χ0n) is 40.9. The third kappa shape index (κ3) is 21.4. The van der Waals surface area contributed by atoms with Crippen molar-refractivity contribution < 1.29 is 4.48 Å². The number of hydrogen-bond acceptors (Lipinski definition) is 0. The molecule has 3 rings (SSSR count). The van der Waals surface area contributed by atoms with Gasteiger partial charge in [0.2, 0.25) is 0 Å². The van der Waals surface area contributed by atoms with Gasteiger partial charge in [-0.1, -0.05) is 240 Å². The number of aryl methyl sites for hydroxylation is 3. The second kappa shape index (κ2) is 33.3. The molecule has 0 fully saturated rings. The highest BCUT2D eigenvalue weighted by Gasteiger charge is 2.29. The zero-order valence-corrected chi connectivity index (χ0v) is 40.9. The van der Waals surface area contributed by atoms with Crippen LogP contribution in [-0.2, 0) is 0 Å². The first-order valence-electron chi connectivity index (χ1n) is 26.0. The van der Waals surface area contributed by atoms with Gasteiger partial charge in [-0.3, -0.25) is 0 Å². The number of unbranched alkanes of at least 4 members (excludes halogenated alkanes) is 21. The van der Waals surface area contributed by atoms with Crippen LogP contribution in [0.3, 0.4) is 0 Å². The highest BCUT2D eigenvalue weighted by molar-refractivity contribution is 7.11. The van der Waals surface area contributed by atoms with Crippen molar-refractivity contribution in [2.75, 3.05) is 26.2 Å². The molecule has 0 atom stereocenters. The molecule has 0 aromatic heterocycles. The highest BCUT2D eigenvalue weighted by Crippen LogP contribution is 2.22. The van der Waals surface area contributed by atoms with Gasteiger partial charge in [-0.25, -0.2) is 0 Å². The molecule has 0 bridgehead atoms. The Labute approximate surface area is 369 Å². The van der Waals surface area contributed by atoms with E-state index in [9.17, 15) is 0 Å². The molecule has 3 aromatic carbocycles. The first kappa shape index (κ1) is 52.8. The van der Waals surface area contributed by atoms with Crippen LogP contribution in [0.4, 0.5) is 0 Å². The van der Waals surface area contributed by atoms with Crippen molar-refractivity contribution in [2.24, 2.45) is 0 Å². The minimum Gasteiger partial charge on any atom is -0.324 e. The molecular weight excluding hydrogens is 709 g/mol. The summed E-state index contributed by atoms with van der Waals surface area (Å²) in [6.45, 7) is 24.1. The molecule has 0 N–H and O–H groups in total. The molecule has 0 heterocycles. The van der Waals surface area contributed by atoms with Crippen LogP contribution in [0, 0.1) is 20.8 Å². The average Bonchev–Trinajstić information content (AvgIpc) is 3.25. The Balaban J connectivity index is 0.000000416. The number of nitrogens with zero attached hydrogens (tertiary/aromatic N) is 1. The van der Waals surface area contributed by atoms with E-state index in [1.807, 2.05) is 0 Å². The summed E-state index contributed by atoms with van der Waals surface area (Å²) in [5.74, 6) is 0. The largest absolute Gasteiger partial charge is 0.324 e. The Morgan fingerprint density at radius 1 is 0.288 bits per heavy atom. The number of benzene rings is 3. The predicted molar refractivity (Wildman–Crippen MR) is 271 cm³/mol. The topological polar surface area (TPSA) is 0 Å². The van der Waals surface area contributed by atoms with Crippen LogP contribution in [0.5, 0.6) is 0 Å². The van der Waals surface area contributed by atoms with Gasteiger partial charge in [0.25, 0.3) is 0 Å². The summed E-state index contributed by atoms with van der Waals surface area (Å²) in [5, 5.41) is 0. The summed E-state index contributed by atoms with van der Waals surface area (Å²) >= 11 is 0. The second-order valence-electron chi connectivity index (χ2n) is 19.2. The molecule has 0 aliphatic heterocycles. The van der Waals surface area contributed by atoms with Crippen molar-refractivity contribution in [1.82, 2.24) is 0 Å². The van der Waals surface area contributed by atoms with E-state index in [-0.39, 0.29) is 0 Å². The Morgan fingerprint density at radius 3 is 0.746 bits per heavy atom. The van der Waals surface area contributed by atoms with Gasteiger partial charge >= 0.3 is 0 Å². The van der Waals surface area contributed by atoms with Crippen LogP contribution in [0.25, 0.3) is 0 Å². The van der Waals surface area contributed by atoms with Crippen molar-refractivity contribution >= 4 is 22.5 Å². The number of quaternary nitrogens is 1. The van der Waals surface area contributed by atoms with E-state index in [0.717, 1.165) is 0 Å². The molecule has 2 heteroatoms. The lowest BCUT2D eigenvalue weighted by Gasteiger charge is -2.43. The van der Waals surface area contributed by atoms with Crippen LogP contribution in [0.2, 0.25) is 6.32 Å². The Hall–Kier alpha value is -2.32. The minimum atomic E-state index is -0.957. The van der Waals surface area contributed by atoms with E-state index in [2.05, 4.69) is 128 Å². The third-order valence-corrected chi connectivity index (χ3v) is 13.9. The van der Waals surface area contributed by atoms with E-state index >= 15 is 0 Å². The highest BCUT2D eigenvalue weighted by atomic mass is 15.3. The van der Waals surface area contributed by atoms with E-state index in [4.69, 9.17) is 0 Å². The molecule has 3 aromatic rings. The lowest BCUT2D eigenvalue weighted by molar-refractivity contribution is -0.929. The van der Waals surface area contributed by atoms with E-state index in [1.165, 1.54) is 237 Å². The Morgan fingerprint density at radius 2 is 0.508 bits per heavy atom. The second-order valence-corrected chi connectivity index (χ2v) is 19.2. The SMILES string of the molecule is CCCCCCCC[N+](CCCCCCCC)(CCCCCCCC)CCCCCCCC.CCCC[B-](c1ccc(C)cc1)(c1ccc(C)cc1)c1ccc(C)cc1. The molecule has 0 spiro atoms. The molecular formula is C57H98BN. The van der Waals surface area contributed by atoms with Crippen molar-refractivity contribution in [1.29, 1.82) is 0 Å². The molecule has 0 unspecified atom stereocenters. The fourth-order valence-corrected chi connectivity index (χ4v) is 9.85. The fraction of sp³-hybridized carbons (Fsp3) is 0.684. The number of hydrogen-bond donors (Lipinski definition) is 0. The summed E-state index contributed by atoms with van der Waals surface area (Å²) in [7, 11) is 0. The normalized spacial score (nSPS) is 11.8. The van der Waals surface area contributed by atoms with Gasteiger partial charge in [-0.05, 0) is 72.1 Å². The zero-order chi connectivity index (χ0) is 42.9. The smallest absolute Gasteiger partial charge is 0.0814 e. The molecule has 1 nitrogen and oxygen atoms in total. The molecule has 59 heavy (non-hydrogen) atoms. The Kier molecular flexibility index (Phi) is 29.8. The average molecular weight is 808 g/mol. The summed E-state index contributed by atoms with van der Waals surface area (Å²) < 4.78 is 1.48. The van der Waals surface area contributed by atoms with Gasteiger partial charge in [0.1, 0.15) is 0 Å². The first-order chi connectivity index (χ1) is 28.8. The standard InChI is InChI=1S/C32H68N.C25H30B/c1-5-9-13-17-21-25-29-33(30-26-22-18-14-10-6-2,31-27-23-19-15-11-7-3)32-28-24-20-16-12-8-4;1-5-6-19-26(23-13-7-20(2)8-14-23,24-15-9-21(3)10-16-24)25-17-11-22(4)12-18-25/h5-32H2,1-4H3;7-18H,5-6,19H2,1-4H3/q+1;-1. The summed E-state index contributed by atoms with van der Waals surface area (Å²) in [6, 6.07) is 27.7. The predicted octanol–water partition coefficient (Wildman–Crippen LogP) is 16.1. The minimum absolute atomic E-state index is 0.957. The van der Waals surface area contributed by atoms with Gasteiger partial charge in [0.15, 0.2) is 0 Å². The third-order valence-electron chi connectivity index (χ3n) is 13.9. The van der Waals surface area contributed by atoms with Gasteiger partial charge < -0.3 is 4.48 Å². The van der Waals surface area contributed by atoms with Crippen LogP contribution in [0.15, 0.2) is 72.8 Å². The van der Waals surface area contributed by atoms with E-state index in [0.29, 0.717) is 0 Å². The summed E-state index contributed by atoms with van der Waals surface area (Å²) in [6.07, 6.45) is 37.4. The van der Waals surface area contributed by atoms with E-state index in [1.54, 1.807) is 0 Å². The van der Waals surface area contributed by atoms with Gasteiger partial charge in [0, 0.05) is 0 Å². The van der Waals surface area contributed by atoms with Crippen LogP contribution in [0.1, 0.15) is 218 Å². The fourth-order valence-electron chi connectivity index (χ4n) is 9.85.